The van der Waals surface area contributed by atoms with E-state index in [2.05, 4.69) is 10.1 Å². The van der Waals surface area contributed by atoms with E-state index >= 15 is 0 Å². The van der Waals surface area contributed by atoms with Gasteiger partial charge in [0, 0.05) is 7.11 Å². The Kier molecular flexibility index (Phi) is 6.67. The average molecular weight is 232 g/mol. The number of ether oxygens (including phenoxy) is 1. The topological polar surface area (TPSA) is 102 Å². The van der Waals surface area contributed by atoms with Gasteiger partial charge in [-0.25, -0.2) is 4.79 Å². The molecule has 0 spiro atoms. The Morgan fingerprint density at radius 3 is 2.44 bits per heavy atom. The smallest absolute Gasteiger partial charge is 0.334 e. The molecular weight excluding hydrogens is 212 g/mol. The van der Waals surface area contributed by atoms with Gasteiger partial charge < -0.3 is 20.9 Å². The van der Waals surface area contributed by atoms with Gasteiger partial charge in [0.25, 0.3) is 0 Å². The summed E-state index contributed by atoms with van der Waals surface area (Å²) in [5.41, 5.74) is 5.67. The summed E-state index contributed by atoms with van der Waals surface area (Å²) in [5.74, 6) is -1.40. The van der Waals surface area contributed by atoms with Crippen LogP contribution in [0.3, 0.4) is 0 Å². The Morgan fingerprint density at radius 2 is 2.06 bits per heavy atom. The van der Waals surface area contributed by atoms with Gasteiger partial charge in [0.05, 0.1) is 12.6 Å². The molecule has 0 aliphatic rings. The van der Waals surface area contributed by atoms with Gasteiger partial charge in [-0.05, 0) is 5.92 Å². The van der Waals surface area contributed by atoms with Crippen LogP contribution in [0.2, 0.25) is 0 Å². The summed E-state index contributed by atoms with van der Waals surface area (Å²) < 4.78 is 4.67. The lowest BCUT2D eigenvalue weighted by atomic mass is 9.99. The van der Waals surface area contributed by atoms with Crippen molar-refractivity contribution >= 4 is 11.9 Å². The van der Waals surface area contributed by atoms with Gasteiger partial charge in [-0.3, -0.25) is 4.79 Å². The maximum absolute atomic E-state index is 11.5. The van der Waals surface area contributed by atoms with Crippen molar-refractivity contribution in [3.05, 3.63) is 0 Å². The van der Waals surface area contributed by atoms with Crippen LogP contribution in [-0.4, -0.2) is 42.8 Å². The number of amides is 1. The van der Waals surface area contributed by atoms with Crippen LogP contribution in [0.25, 0.3) is 0 Å². The Hall–Kier alpha value is -1.14. The Labute approximate surface area is 95.1 Å². The summed E-state index contributed by atoms with van der Waals surface area (Å²) in [7, 11) is 1.28. The second-order valence-electron chi connectivity index (χ2n) is 3.72. The van der Waals surface area contributed by atoms with Crippen molar-refractivity contribution < 1.29 is 19.4 Å². The van der Waals surface area contributed by atoms with Crippen LogP contribution in [0.5, 0.6) is 0 Å². The Morgan fingerprint density at radius 1 is 1.50 bits per heavy atom. The number of nitrogens with one attached hydrogen (secondary N) is 1. The summed E-state index contributed by atoms with van der Waals surface area (Å²) in [4.78, 5) is 22.1. The molecule has 0 fully saturated rings. The molecule has 0 aliphatic heterocycles. The third kappa shape index (κ3) is 4.59. The molecule has 0 aliphatic carbocycles. The van der Waals surface area contributed by atoms with E-state index in [4.69, 9.17) is 10.8 Å². The molecule has 6 heteroatoms. The summed E-state index contributed by atoms with van der Waals surface area (Å²) in [6, 6.07) is -0.615. The lowest BCUT2D eigenvalue weighted by Crippen LogP contribution is -2.48. The molecule has 1 amide bonds. The van der Waals surface area contributed by atoms with Crippen molar-refractivity contribution in [1.29, 1.82) is 0 Å². The summed E-state index contributed by atoms with van der Waals surface area (Å²) in [5, 5.41) is 11.1. The second kappa shape index (κ2) is 7.19. The summed E-state index contributed by atoms with van der Waals surface area (Å²) in [6.07, 6.45) is -0.241. The first-order valence-electron chi connectivity index (χ1n) is 5.22. The molecule has 3 unspecified atom stereocenters. The van der Waals surface area contributed by atoms with Crippen LogP contribution in [0, 0.1) is 5.92 Å². The number of carboxylic acid groups (broad SMARTS) is 1. The fraction of sp³-hybridized carbons (Fsp3) is 0.800. The third-order valence-electron chi connectivity index (χ3n) is 2.58. The van der Waals surface area contributed by atoms with Gasteiger partial charge in [0.1, 0.15) is 0 Å². The quantitative estimate of drug-likeness (QED) is 0.553. The van der Waals surface area contributed by atoms with Gasteiger partial charge >= 0.3 is 5.97 Å². The molecule has 0 heterocycles. The van der Waals surface area contributed by atoms with Crippen molar-refractivity contribution in [2.24, 2.45) is 11.7 Å². The molecule has 94 valence electrons. The van der Waals surface area contributed by atoms with E-state index in [1.165, 1.54) is 7.11 Å². The first-order valence-corrected chi connectivity index (χ1v) is 5.22. The minimum absolute atomic E-state index is 0.0609. The normalized spacial score (nSPS) is 16.2. The molecule has 0 saturated carbocycles. The molecule has 16 heavy (non-hydrogen) atoms. The average Bonchev–Trinajstić information content (AvgIpc) is 2.26. The highest BCUT2D eigenvalue weighted by Gasteiger charge is 2.22. The van der Waals surface area contributed by atoms with Gasteiger partial charge in [0.15, 0.2) is 6.10 Å². The van der Waals surface area contributed by atoms with E-state index in [-0.39, 0.29) is 18.4 Å². The number of carboxylic acids is 1. The third-order valence-corrected chi connectivity index (χ3v) is 2.58. The van der Waals surface area contributed by atoms with Crippen molar-refractivity contribution in [3.8, 4) is 0 Å². The van der Waals surface area contributed by atoms with E-state index in [9.17, 15) is 9.59 Å². The fourth-order valence-electron chi connectivity index (χ4n) is 1.09. The SMILES string of the molecule is CCC(C)C(N)C(=O)NCC(OC)C(=O)O. The molecule has 0 aromatic rings. The minimum atomic E-state index is -1.11. The number of rotatable bonds is 7. The van der Waals surface area contributed by atoms with Gasteiger partial charge in [0.2, 0.25) is 5.91 Å². The Bertz CT molecular complexity index is 245. The molecule has 0 aromatic carbocycles. The molecule has 0 saturated heterocycles. The van der Waals surface area contributed by atoms with Crippen LogP contribution in [-0.2, 0) is 14.3 Å². The number of carbonyl (C=O) groups is 2. The maximum atomic E-state index is 11.5. The maximum Gasteiger partial charge on any atom is 0.334 e. The van der Waals surface area contributed by atoms with Crippen LogP contribution in [0.15, 0.2) is 0 Å². The van der Waals surface area contributed by atoms with Crippen LogP contribution >= 0.6 is 0 Å². The second-order valence-corrected chi connectivity index (χ2v) is 3.72. The molecule has 0 radical (unpaired) electrons. The highest BCUT2D eigenvalue weighted by atomic mass is 16.5. The molecule has 3 atom stereocenters. The first-order chi connectivity index (χ1) is 7.43. The first kappa shape index (κ1) is 14.9. The van der Waals surface area contributed by atoms with Crippen LogP contribution < -0.4 is 11.1 Å². The van der Waals surface area contributed by atoms with Crippen LogP contribution in [0.1, 0.15) is 20.3 Å². The number of carbonyl (C=O) groups excluding carboxylic acids is 1. The fourth-order valence-corrected chi connectivity index (χ4v) is 1.09. The molecule has 4 N–H and O–H groups in total. The minimum Gasteiger partial charge on any atom is -0.479 e. The number of methoxy groups -OCH3 is 1. The zero-order chi connectivity index (χ0) is 12.7. The molecule has 0 rings (SSSR count). The predicted octanol–water partition coefficient (Wildman–Crippen LogP) is -0.424. The zero-order valence-corrected chi connectivity index (χ0v) is 9.90. The molecule has 6 nitrogen and oxygen atoms in total. The molecule has 0 bridgehead atoms. The monoisotopic (exact) mass is 232 g/mol. The van der Waals surface area contributed by atoms with Crippen molar-refractivity contribution in [3.63, 3.8) is 0 Å². The summed E-state index contributed by atoms with van der Waals surface area (Å²) >= 11 is 0. The highest BCUT2D eigenvalue weighted by molar-refractivity contribution is 5.82. The van der Waals surface area contributed by atoms with E-state index in [1.807, 2.05) is 13.8 Å². The highest BCUT2D eigenvalue weighted by Crippen LogP contribution is 2.04. The van der Waals surface area contributed by atoms with E-state index in [0.29, 0.717) is 0 Å². The number of nitrogens with two attached hydrogens (primary N) is 1. The van der Waals surface area contributed by atoms with Crippen molar-refractivity contribution in [1.82, 2.24) is 5.32 Å². The molecular formula is C10H20N2O4. The lowest BCUT2D eigenvalue weighted by molar-refractivity contribution is -0.148. The van der Waals surface area contributed by atoms with E-state index < -0.39 is 18.1 Å². The van der Waals surface area contributed by atoms with Crippen molar-refractivity contribution in [2.75, 3.05) is 13.7 Å². The number of hydrogen-bond donors (Lipinski definition) is 3. The van der Waals surface area contributed by atoms with Gasteiger partial charge in [-0.1, -0.05) is 20.3 Å². The van der Waals surface area contributed by atoms with E-state index in [1.54, 1.807) is 0 Å². The van der Waals surface area contributed by atoms with Crippen molar-refractivity contribution in [2.45, 2.75) is 32.4 Å². The van der Waals surface area contributed by atoms with Crippen LogP contribution in [0.4, 0.5) is 0 Å². The Balaban J connectivity index is 4.10. The lowest BCUT2D eigenvalue weighted by Gasteiger charge is -2.19. The van der Waals surface area contributed by atoms with Gasteiger partial charge in [-0.15, -0.1) is 0 Å². The predicted molar refractivity (Wildman–Crippen MR) is 58.9 cm³/mol. The number of aliphatic carboxylic acids is 1. The number of hydrogen-bond acceptors (Lipinski definition) is 4. The van der Waals surface area contributed by atoms with E-state index in [0.717, 1.165) is 6.42 Å². The standard InChI is InChI=1S/C10H20N2O4/c1-4-6(2)8(11)9(13)12-5-7(16-3)10(14)15/h6-8H,4-5,11H2,1-3H3,(H,12,13)(H,14,15). The molecule has 0 aromatic heterocycles. The largest absolute Gasteiger partial charge is 0.479 e. The summed E-state index contributed by atoms with van der Waals surface area (Å²) in [6.45, 7) is 3.73. The van der Waals surface area contributed by atoms with Gasteiger partial charge in [-0.2, -0.15) is 0 Å². The zero-order valence-electron chi connectivity index (χ0n) is 9.90.